The Kier molecular flexibility index (Phi) is 6.87. The average molecular weight is 432 g/mol. The summed E-state index contributed by atoms with van der Waals surface area (Å²) < 4.78 is 27.8. The Hall–Kier alpha value is -1.58. The quantitative estimate of drug-likeness (QED) is 0.485. The van der Waals surface area contributed by atoms with Crippen molar-refractivity contribution in [1.29, 1.82) is 0 Å². The van der Waals surface area contributed by atoms with Crippen LogP contribution in [0.2, 0.25) is 0 Å². The first-order valence-electron chi connectivity index (χ1n) is 6.94. The van der Waals surface area contributed by atoms with Crippen molar-refractivity contribution in [2.45, 2.75) is 0 Å². The van der Waals surface area contributed by atoms with E-state index in [1.165, 1.54) is 6.07 Å². The lowest BCUT2D eigenvalue weighted by atomic mass is 10.1. The van der Waals surface area contributed by atoms with E-state index >= 15 is 0 Å². The van der Waals surface area contributed by atoms with E-state index in [4.69, 9.17) is 14.2 Å². The standard InChI is InChI=1S/C16H17IO6/c1-21-7-8-22-9-10-23-14-4-2-3-12-11(14)5-6-13(16(18)19)15(12)17-20/h2-6H,7-10H2,1H3,(H,18,19). The fourth-order valence-electron chi connectivity index (χ4n) is 2.12. The van der Waals surface area contributed by atoms with Gasteiger partial charge in [-0.25, -0.2) is 4.79 Å². The van der Waals surface area contributed by atoms with E-state index in [1.54, 1.807) is 31.4 Å². The number of carboxylic acids is 1. The number of hydrogen-bond acceptors (Lipinski definition) is 5. The molecule has 0 fully saturated rings. The topological polar surface area (TPSA) is 82.1 Å². The summed E-state index contributed by atoms with van der Waals surface area (Å²) in [5, 5.41) is 10.6. The van der Waals surface area contributed by atoms with Crippen LogP contribution in [0.5, 0.6) is 5.75 Å². The molecule has 0 aliphatic rings. The maximum Gasteiger partial charge on any atom is 0.336 e. The minimum absolute atomic E-state index is 0.0837. The molecule has 0 atom stereocenters. The van der Waals surface area contributed by atoms with Crippen LogP contribution in [0.3, 0.4) is 0 Å². The Labute approximate surface area is 144 Å². The predicted octanol–water partition coefficient (Wildman–Crippen LogP) is 3.07. The summed E-state index contributed by atoms with van der Waals surface area (Å²) in [4.78, 5) is 11.2. The molecule has 0 radical (unpaired) electrons. The van der Waals surface area contributed by atoms with Gasteiger partial charge in [0.2, 0.25) is 0 Å². The third kappa shape index (κ3) is 4.46. The monoisotopic (exact) mass is 432 g/mol. The Morgan fingerprint density at radius 3 is 2.57 bits per heavy atom. The highest BCUT2D eigenvalue weighted by Crippen LogP contribution is 2.32. The summed E-state index contributed by atoms with van der Waals surface area (Å²) in [6, 6.07) is 8.47. The first-order valence-corrected chi connectivity index (χ1v) is 8.90. The summed E-state index contributed by atoms with van der Waals surface area (Å²) in [6.07, 6.45) is 0. The van der Waals surface area contributed by atoms with E-state index in [1.807, 2.05) is 0 Å². The largest absolute Gasteiger partial charge is 0.491 e. The molecule has 0 saturated carbocycles. The lowest BCUT2D eigenvalue weighted by Gasteiger charge is -2.11. The number of methoxy groups -OCH3 is 1. The van der Waals surface area contributed by atoms with E-state index in [-0.39, 0.29) is 5.56 Å². The zero-order valence-electron chi connectivity index (χ0n) is 12.6. The van der Waals surface area contributed by atoms with Gasteiger partial charge in [0.05, 0.1) is 29.0 Å². The van der Waals surface area contributed by atoms with Crippen LogP contribution in [0.1, 0.15) is 10.4 Å². The maximum absolute atomic E-state index is 11.5. The van der Waals surface area contributed by atoms with Crippen LogP contribution in [0.15, 0.2) is 30.3 Å². The van der Waals surface area contributed by atoms with Gasteiger partial charge in [0.1, 0.15) is 12.4 Å². The van der Waals surface area contributed by atoms with E-state index in [9.17, 15) is 13.0 Å². The van der Waals surface area contributed by atoms with Crippen molar-refractivity contribution in [3.8, 4) is 5.75 Å². The molecule has 0 amide bonds. The van der Waals surface area contributed by atoms with E-state index < -0.39 is 27.2 Å². The second kappa shape index (κ2) is 8.90. The van der Waals surface area contributed by atoms with Crippen LogP contribution in [0.25, 0.3) is 10.8 Å². The number of fused-ring (bicyclic) bond motifs is 1. The molecule has 0 spiro atoms. The van der Waals surface area contributed by atoms with Gasteiger partial charge in [0.15, 0.2) is 21.2 Å². The molecule has 1 N–H and O–H groups in total. The minimum atomic E-state index is -1.61. The smallest absolute Gasteiger partial charge is 0.336 e. The van der Waals surface area contributed by atoms with Crippen molar-refractivity contribution in [1.82, 2.24) is 0 Å². The molecule has 7 heteroatoms. The third-order valence-electron chi connectivity index (χ3n) is 3.18. The molecule has 0 aromatic heterocycles. The van der Waals surface area contributed by atoms with Crippen molar-refractivity contribution in [2.75, 3.05) is 33.5 Å². The molecule has 2 rings (SSSR count). The maximum atomic E-state index is 11.5. The first kappa shape index (κ1) is 17.8. The van der Waals surface area contributed by atoms with Gasteiger partial charge in [0.25, 0.3) is 0 Å². The Bertz CT molecular complexity index is 700. The zero-order chi connectivity index (χ0) is 16.7. The molecule has 0 aliphatic heterocycles. The normalized spacial score (nSPS) is 10.8. The van der Waals surface area contributed by atoms with Crippen LogP contribution in [-0.4, -0.2) is 44.6 Å². The van der Waals surface area contributed by atoms with E-state index in [0.717, 1.165) is 5.39 Å². The average Bonchev–Trinajstić information content (AvgIpc) is 2.56. The first-order chi connectivity index (χ1) is 11.2. The van der Waals surface area contributed by atoms with Gasteiger partial charge in [-0.05, 0) is 18.2 Å². The van der Waals surface area contributed by atoms with Gasteiger partial charge in [-0.3, -0.25) is 3.07 Å². The number of aromatic carboxylic acids is 1. The molecular formula is C16H17IO6. The highest BCUT2D eigenvalue weighted by atomic mass is 127. The van der Waals surface area contributed by atoms with Crippen LogP contribution in [0, 0.1) is 3.57 Å². The molecule has 124 valence electrons. The number of benzene rings is 2. The Morgan fingerprint density at radius 1 is 1.09 bits per heavy atom. The number of hydrogen-bond donors (Lipinski definition) is 1. The summed E-state index contributed by atoms with van der Waals surface area (Å²) in [7, 11) is 1.61. The summed E-state index contributed by atoms with van der Waals surface area (Å²) in [6.45, 7) is 1.82. The van der Waals surface area contributed by atoms with Crippen LogP contribution in [0.4, 0.5) is 0 Å². The molecule has 0 bridgehead atoms. The van der Waals surface area contributed by atoms with E-state index in [2.05, 4.69) is 0 Å². The third-order valence-corrected chi connectivity index (χ3v) is 4.78. The highest BCUT2D eigenvalue weighted by Gasteiger charge is 2.15. The summed E-state index contributed by atoms with van der Waals surface area (Å²) >= 11 is -1.61. The van der Waals surface area contributed by atoms with Crippen molar-refractivity contribution in [2.24, 2.45) is 0 Å². The fraction of sp³-hybridized carbons (Fsp3) is 0.312. The van der Waals surface area contributed by atoms with Gasteiger partial charge in [-0.1, -0.05) is 12.1 Å². The van der Waals surface area contributed by atoms with Gasteiger partial charge in [-0.15, -0.1) is 0 Å². The van der Waals surface area contributed by atoms with Gasteiger partial charge in [0, 0.05) is 17.9 Å². The van der Waals surface area contributed by atoms with Crippen molar-refractivity contribution >= 4 is 37.9 Å². The predicted molar refractivity (Wildman–Crippen MR) is 92.5 cm³/mol. The van der Waals surface area contributed by atoms with Crippen LogP contribution < -0.4 is 4.74 Å². The molecule has 0 saturated heterocycles. The molecule has 2 aromatic carbocycles. The van der Waals surface area contributed by atoms with Crippen molar-refractivity contribution < 1.29 is 27.2 Å². The van der Waals surface area contributed by atoms with Crippen LogP contribution >= 0.6 is 21.2 Å². The highest BCUT2D eigenvalue weighted by molar-refractivity contribution is 14.1. The number of ether oxygens (including phenoxy) is 3. The van der Waals surface area contributed by atoms with Gasteiger partial charge >= 0.3 is 5.97 Å². The van der Waals surface area contributed by atoms with E-state index in [0.29, 0.717) is 41.1 Å². The number of carbonyl (C=O) groups is 1. The fourth-order valence-corrected chi connectivity index (χ4v) is 3.48. The molecule has 0 unspecified atom stereocenters. The summed E-state index contributed by atoms with van der Waals surface area (Å²) in [5.74, 6) is -0.455. The van der Waals surface area contributed by atoms with Crippen molar-refractivity contribution in [3.05, 3.63) is 39.5 Å². The lowest BCUT2D eigenvalue weighted by molar-refractivity contribution is 0.0547. The number of rotatable bonds is 9. The lowest BCUT2D eigenvalue weighted by Crippen LogP contribution is -2.10. The van der Waals surface area contributed by atoms with Gasteiger partial charge in [-0.2, -0.15) is 0 Å². The molecule has 6 nitrogen and oxygen atoms in total. The molecular weight excluding hydrogens is 415 g/mol. The molecule has 2 aromatic rings. The van der Waals surface area contributed by atoms with Gasteiger partial charge < -0.3 is 19.3 Å². The number of carboxylic acid groups (broad SMARTS) is 1. The second-order valence-corrected chi connectivity index (χ2v) is 6.13. The Balaban J connectivity index is 2.19. The SMILES string of the molecule is COCCOCCOc1cccc2c(I=O)c(C(=O)O)ccc12. The molecule has 0 heterocycles. The number of halogens is 1. The Morgan fingerprint density at radius 2 is 1.87 bits per heavy atom. The molecule has 23 heavy (non-hydrogen) atoms. The van der Waals surface area contributed by atoms with Crippen LogP contribution in [-0.2, 0) is 12.5 Å². The molecule has 0 aliphatic carbocycles. The zero-order valence-corrected chi connectivity index (χ0v) is 14.7. The van der Waals surface area contributed by atoms with Crippen molar-refractivity contribution in [3.63, 3.8) is 0 Å². The summed E-state index contributed by atoms with van der Waals surface area (Å²) in [5.41, 5.74) is 0.0837. The minimum Gasteiger partial charge on any atom is -0.491 e. The second-order valence-electron chi connectivity index (χ2n) is 4.61.